The van der Waals surface area contributed by atoms with E-state index in [1.807, 2.05) is 5.32 Å². The first-order valence-electron chi connectivity index (χ1n) is 9.02. The molecule has 1 aliphatic rings. The number of benzene rings is 2. The number of hydrogen-bond donors (Lipinski definition) is 1. The van der Waals surface area contributed by atoms with E-state index in [1.54, 1.807) is 25.1 Å². The first-order valence-corrected chi connectivity index (χ1v) is 9.40. The molecule has 0 unspecified atom stereocenters. The van der Waals surface area contributed by atoms with Gasteiger partial charge in [-0.25, -0.2) is 4.79 Å². The minimum Gasteiger partial charge on any atom is -0.454 e. The van der Waals surface area contributed by atoms with Gasteiger partial charge >= 0.3 is 12.1 Å². The molecule has 0 spiro atoms. The Labute approximate surface area is 184 Å². The fourth-order valence-electron chi connectivity index (χ4n) is 2.59. The molecule has 2 aromatic rings. The second-order valence-electron chi connectivity index (χ2n) is 6.41. The fraction of sp³-hybridized carbons (Fsp3) is 0.250. The predicted octanol–water partition coefficient (Wildman–Crippen LogP) is 4.01. The van der Waals surface area contributed by atoms with Gasteiger partial charge in [-0.2, -0.15) is 13.2 Å². The third-order valence-electron chi connectivity index (χ3n) is 4.10. The van der Waals surface area contributed by atoms with Crippen molar-refractivity contribution >= 4 is 34.9 Å². The van der Waals surface area contributed by atoms with Gasteiger partial charge in [0.15, 0.2) is 18.1 Å². The second-order valence-corrected chi connectivity index (χ2v) is 6.85. The minimum absolute atomic E-state index is 0.125. The number of hydrogen-bond acceptors (Lipinski definition) is 7. The van der Waals surface area contributed by atoms with E-state index in [0.717, 1.165) is 6.07 Å². The summed E-state index contributed by atoms with van der Waals surface area (Å²) in [6.07, 6.45) is -4.73. The van der Waals surface area contributed by atoms with Crippen LogP contribution in [0, 0.1) is 0 Å². The van der Waals surface area contributed by atoms with Gasteiger partial charge in [-0.05, 0) is 43.3 Å². The van der Waals surface area contributed by atoms with Crippen molar-refractivity contribution in [3.63, 3.8) is 0 Å². The maximum atomic E-state index is 13.0. The lowest BCUT2D eigenvalue weighted by Gasteiger charge is -2.14. The van der Waals surface area contributed by atoms with E-state index < -0.39 is 42.5 Å². The number of anilines is 1. The highest BCUT2D eigenvalue weighted by molar-refractivity contribution is 6.30. The molecule has 2 aromatic carbocycles. The zero-order valence-corrected chi connectivity index (χ0v) is 17.2. The first kappa shape index (κ1) is 23.2. The summed E-state index contributed by atoms with van der Waals surface area (Å²) in [5.41, 5.74) is -0.522. The summed E-state index contributed by atoms with van der Waals surface area (Å²) in [6.45, 7) is 0.345. The number of nitrogens with zero attached hydrogens (tertiary/aromatic N) is 1. The number of nitrogens with one attached hydrogen (secondary N) is 1. The highest BCUT2D eigenvalue weighted by Gasteiger charge is 2.34. The van der Waals surface area contributed by atoms with Gasteiger partial charge in [0.05, 0.1) is 17.0 Å². The van der Waals surface area contributed by atoms with Gasteiger partial charge in [-0.3, -0.25) is 4.79 Å². The molecule has 0 saturated carbocycles. The number of esters is 1. The second kappa shape index (κ2) is 9.77. The number of carbonyl (C=O) groups is 2. The highest BCUT2D eigenvalue weighted by Crippen LogP contribution is 2.36. The molecule has 3 rings (SSSR count). The molecule has 1 amide bonds. The Morgan fingerprint density at radius 2 is 1.88 bits per heavy atom. The Hall–Kier alpha value is -3.47. The third-order valence-corrected chi connectivity index (χ3v) is 4.33. The third kappa shape index (κ3) is 6.03. The molecule has 0 saturated heterocycles. The minimum atomic E-state index is -4.73. The standard InChI is InChI=1S/C20H16ClF3N2O6/c1-11(12-2-5-16-17(6-12)31-10-30-16)26-32-9-19(28)29-8-18(27)25-15-4-3-13(21)7-14(15)20(22,23)24/h2-7H,8-10H2,1H3,(H,25,27)/b26-11+. The summed E-state index contributed by atoms with van der Waals surface area (Å²) in [7, 11) is 0. The molecular weight excluding hydrogens is 457 g/mol. The maximum Gasteiger partial charge on any atom is 0.418 e. The van der Waals surface area contributed by atoms with Crippen LogP contribution >= 0.6 is 11.6 Å². The smallest absolute Gasteiger partial charge is 0.418 e. The Bertz CT molecular complexity index is 1060. The quantitative estimate of drug-likeness (QED) is 0.372. The lowest BCUT2D eigenvalue weighted by Crippen LogP contribution is -2.24. The molecule has 1 N–H and O–H groups in total. The molecule has 0 fully saturated rings. The summed E-state index contributed by atoms with van der Waals surface area (Å²) in [5.74, 6) is -0.747. The van der Waals surface area contributed by atoms with Crippen LogP contribution in [0.5, 0.6) is 11.5 Å². The Morgan fingerprint density at radius 1 is 1.12 bits per heavy atom. The molecule has 0 aliphatic carbocycles. The number of fused-ring (bicyclic) bond motifs is 1. The molecule has 8 nitrogen and oxygen atoms in total. The highest BCUT2D eigenvalue weighted by atomic mass is 35.5. The van der Waals surface area contributed by atoms with Gasteiger partial charge in [-0.15, -0.1) is 0 Å². The number of oxime groups is 1. The number of rotatable bonds is 7. The molecule has 0 atom stereocenters. The number of alkyl halides is 3. The van der Waals surface area contributed by atoms with Gasteiger partial charge < -0.3 is 24.4 Å². The van der Waals surface area contributed by atoms with E-state index in [9.17, 15) is 22.8 Å². The van der Waals surface area contributed by atoms with Crippen LogP contribution < -0.4 is 14.8 Å². The van der Waals surface area contributed by atoms with Crippen LogP contribution in [0.25, 0.3) is 0 Å². The van der Waals surface area contributed by atoms with Crippen LogP contribution in [-0.4, -0.2) is 37.6 Å². The van der Waals surface area contributed by atoms with Gasteiger partial charge in [0.1, 0.15) is 0 Å². The summed E-state index contributed by atoms with van der Waals surface area (Å²) >= 11 is 5.58. The van der Waals surface area contributed by atoms with Crippen molar-refractivity contribution in [1.82, 2.24) is 0 Å². The summed E-state index contributed by atoms with van der Waals surface area (Å²) < 4.78 is 54.3. The lowest BCUT2D eigenvalue weighted by atomic mass is 10.1. The van der Waals surface area contributed by atoms with Crippen LogP contribution in [0.1, 0.15) is 18.1 Å². The van der Waals surface area contributed by atoms with Crippen molar-refractivity contribution < 1.29 is 41.8 Å². The Balaban J connectivity index is 1.47. The largest absolute Gasteiger partial charge is 0.454 e. The monoisotopic (exact) mass is 472 g/mol. The molecule has 12 heteroatoms. The van der Waals surface area contributed by atoms with E-state index in [4.69, 9.17) is 25.9 Å². The van der Waals surface area contributed by atoms with Crippen LogP contribution in [0.3, 0.4) is 0 Å². The van der Waals surface area contributed by atoms with Crippen molar-refractivity contribution in [1.29, 1.82) is 0 Å². The molecule has 0 radical (unpaired) electrons. The van der Waals surface area contributed by atoms with Gasteiger partial charge in [0, 0.05) is 10.6 Å². The van der Waals surface area contributed by atoms with Gasteiger partial charge in [-0.1, -0.05) is 16.8 Å². The lowest BCUT2D eigenvalue weighted by molar-refractivity contribution is -0.152. The number of amides is 1. The zero-order chi connectivity index (χ0) is 23.3. The summed E-state index contributed by atoms with van der Waals surface area (Å²) in [6, 6.07) is 7.99. The zero-order valence-electron chi connectivity index (χ0n) is 16.5. The van der Waals surface area contributed by atoms with Crippen molar-refractivity contribution in [2.75, 3.05) is 25.3 Å². The molecule has 0 aromatic heterocycles. The summed E-state index contributed by atoms with van der Waals surface area (Å²) in [4.78, 5) is 28.5. The number of halogens is 4. The van der Waals surface area contributed by atoms with E-state index in [1.165, 1.54) is 6.07 Å². The summed E-state index contributed by atoms with van der Waals surface area (Å²) in [5, 5.41) is 5.67. The molecule has 32 heavy (non-hydrogen) atoms. The average molecular weight is 473 g/mol. The topological polar surface area (TPSA) is 95.5 Å². The van der Waals surface area contributed by atoms with E-state index in [2.05, 4.69) is 9.89 Å². The van der Waals surface area contributed by atoms with Gasteiger partial charge in [0.2, 0.25) is 13.4 Å². The molecule has 170 valence electrons. The van der Waals surface area contributed by atoms with E-state index in [0.29, 0.717) is 28.8 Å². The Kier molecular flexibility index (Phi) is 7.08. The molecule has 1 aliphatic heterocycles. The van der Waals surface area contributed by atoms with E-state index >= 15 is 0 Å². The molecule has 0 bridgehead atoms. The van der Waals surface area contributed by atoms with Crippen LogP contribution in [0.4, 0.5) is 18.9 Å². The molecular formula is C20H16ClF3N2O6. The molecule has 1 heterocycles. The SMILES string of the molecule is C/C(=N\OCC(=O)OCC(=O)Nc1ccc(Cl)cc1C(F)(F)F)c1ccc2c(c1)OCO2. The van der Waals surface area contributed by atoms with E-state index in [-0.39, 0.29) is 11.8 Å². The van der Waals surface area contributed by atoms with Crippen LogP contribution in [0.15, 0.2) is 41.6 Å². The average Bonchev–Trinajstić information content (AvgIpc) is 3.20. The van der Waals surface area contributed by atoms with Gasteiger partial charge in [0.25, 0.3) is 5.91 Å². The normalized spacial score (nSPS) is 13.0. The number of ether oxygens (including phenoxy) is 3. The first-order chi connectivity index (χ1) is 15.1. The predicted molar refractivity (Wildman–Crippen MR) is 107 cm³/mol. The van der Waals surface area contributed by atoms with Crippen molar-refractivity contribution in [3.8, 4) is 11.5 Å². The van der Waals surface area contributed by atoms with Crippen LogP contribution in [-0.2, 0) is 25.3 Å². The van der Waals surface area contributed by atoms with Crippen LogP contribution in [0.2, 0.25) is 5.02 Å². The number of carbonyl (C=O) groups excluding carboxylic acids is 2. The van der Waals surface area contributed by atoms with Crippen molar-refractivity contribution in [3.05, 3.63) is 52.5 Å². The fourth-order valence-corrected chi connectivity index (χ4v) is 2.76. The van der Waals surface area contributed by atoms with Crippen molar-refractivity contribution in [2.45, 2.75) is 13.1 Å². The Morgan fingerprint density at radius 3 is 2.62 bits per heavy atom. The maximum absolute atomic E-state index is 13.0. The van der Waals surface area contributed by atoms with Crippen molar-refractivity contribution in [2.24, 2.45) is 5.16 Å².